The van der Waals surface area contributed by atoms with E-state index >= 15 is 0 Å². The van der Waals surface area contributed by atoms with Gasteiger partial charge in [-0.3, -0.25) is 4.79 Å². The van der Waals surface area contributed by atoms with Crippen LogP contribution in [0.2, 0.25) is 0 Å². The molecule has 0 spiro atoms. The molecule has 0 aromatic carbocycles. The highest BCUT2D eigenvalue weighted by molar-refractivity contribution is 5.70. The van der Waals surface area contributed by atoms with Crippen LogP contribution in [0.4, 0.5) is 0 Å². The molecule has 13 heavy (non-hydrogen) atoms. The summed E-state index contributed by atoms with van der Waals surface area (Å²) in [5.41, 5.74) is 0. The Morgan fingerprint density at radius 3 is 2.31 bits per heavy atom. The van der Waals surface area contributed by atoms with E-state index in [-0.39, 0.29) is 11.8 Å². The second kappa shape index (κ2) is 4.64. The quantitative estimate of drug-likeness (QED) is 0.729. The summed E-state index contributed by atoms with van der Waals surface area (Å²) in [5, 5.41) is 9.00. The van der Waals surface area contributed by atoms with Crippen LogP contribution < -0.4 is 0 Å². The molecule has 1 fully saturated rings. The lowest BCUT2D eigenvalue weighted by atomic mass is 9.86. The highest BCUT2D eigenvalue weighted by atomic mass is 16.4. The predicted octanol–water partition coefficient (Wildman–Crippen LogP) is 2.92. The molecule has 2 nitrogen and oxygen atoms in total. The van der Waals surface area contributed by atoms with Crippen LogP contribution >= 0.6 is 0 Å². The van der Waals surface area contributed by atoms with Crippen molar-refractivity contribution in [3.05, 3.63) is 0 Å². The zero-order valence-electron chi connectivity index (χ0n) is 8.62. The minimum absolute atomic E-state index is 0.122. The molecule has 0 saturated heterocycles. The van der Waals surface area contributed by atoms with Gasteiger partial charge in [-0.25, -0.2) is 0 Å². The molecule has 1 atom stereocenters. The van der Waals surface area contributed by atoms with E-state index in [2.05, 4.69) is 0 Å². The standard InChI is InChI=1S/C11H20O2/c1-8(2)10(11(12)13)7-9-5-3-4-6-9/h8-10H,3-7H2,1-2H3,(H,12,13). The highest BCUT2D eigenvalue weighted by Crippen LogP contribution is 2.32. The summed E-state index contributed by atoms with van der Waals surface area (Å²) in [7, 11) is 0. The van der Waals surface area contributed by atoms with Gasteiger partial charge in [0.1, 0.15) is 0 Å². The van der Waals surface area contributed by atoms with Crippen LogP contribution in [0.1, 0.15) is 46.0 Å². The zero-order chi connectivity index (χ0) is 9.84. The Bertz CT molecular complexity index is 169. The third kappa shape index (κ3) is 3.02. The van der Waals surface area contributed by atoms with Crippen LogP contribution in [-0.4, -0.2) is 11.1 Å². The lowest BCUT2D eigenvalue weighted by Crippen LogP contribution is -2.22. The van der Waals surface area contributed by atoms with E-state index in [1.807, 2.05) is 13.8 Å². The van der Waals surface area contributed by atoms with Crippen molar-refractivity contribution < 1.29 is 9.90 Å². The van der Waals surface area contributed by atoms with Gasteiger partial charge in [-0.2, -0.15) is 0 Å². The van der Waals surface area contributed by atoms with E-state index in [1.165, 1.54) is 25.7 Å². The first-order valence-corrected chi connectivity index (χ1v) is 5.34. The number of hydrogen-bond acceptors (Lipinski definition) is 1. The van der Waals surface area contributed by atoms with Gasteiger partial charge in [0.25, 0.3) is 0 Å². The van der Waals surface area contributed by atoms with Crippen LogP contribution in [0.5, 0.6) is 0 Å². The molecule has 2 heteroatoms. The fourth-order valence-corrected chi connectivity index (χ4v) is 2.26. The molecule has 0 aromatic rings. The molecule has 0 bridgehead atoms. The Kier molecular flexibility index (Phi) is 3.76. The van der Waals surface area contributed by atoms with E-state index < -0.39 is 5.97 Å². The van der Waals surface area contributed by atoms with Gasteiger partial charge in [0.15, 0.2) is 0 Å². The SMILES string of the molecule is CC(C)C(CC1CCCC1)C(=O)O. The van der Waals surface area contributed by atoms with Crippen molar-refractivity contribution in [2.45, 2.75) is 46.0 Å². The number of carbonyl (C=O) groups is 1. The van der Waals surface area contributed by atoms with E-state index in [4.69, 9.17) is 5.11 Å². The minimum Gasteiger partial charge on any atom is -0.481 e. The normalized spacial score (nSPS) is 20.8. The number of aliphatic carboxylic acids is 1. The largest absolute Gasteiger partial charge is 0.481 e. The van der Waals surface area contributed by atoms with Crippen molar-refractivity contribution >= 4 is 5.97 Å². The maximum Gasteiger partial charge on any atom is 0.306 e. The first kappa shape index (κ1) is 10.6. The second-order valence-corrected chi connectivity index (χ2v) is 4.57. The van der Waals surface area contributed by atoms with Gasteiger partial charge in [-0.1, -0.05) is 39.5 Å². The van der Waals surface area contributed by atoms with Crippen LogP contribution in [0.25, 0.3) is 0 Å². The van der Waals surface area contributed by atoms with Crippen molar-refractivity contribution in [2.75, 3.05) is 0 Å². The lowest BCUT2D eigenvalue weighted by Gasteiger charge is -2.19. The van der Waals surface area contributed by atoms with Crippen molar-refractivity contribution in [1.82, 2.24) is 0 Å². The Labute approximate surface area is 80.3 Å². The summed E-state index contributed by atoms with van der Waals surface area (Å²) in [4.78, 5) is 10.9. The van der Waals surface area contributed by atoms with Crippen molar-refractivity contribution in [1.29, 1.82) is 0 Å². The number of carboxylic acid groups (broad SMARTS) is 1. The maximum atomic E-state index is 10.9. The number of hydrogen-bond donors (Lipinski definition) is 1. The fourth-order valence-electron chi connectivity index (χ4n) is 2.26. The minimum atomic E-state index is -0.609. The third-order valence-corrected chi connectivity index (χ3v) is 3.18. The molecule has 76 valence electrons. The molecular weight excluding hydrogens is 164 g/mol. The van der Waals surface area contributed by atoms with E-state index in [1.54, 1.807) is 0 Å². The first-order valence-electron chi connectivity index (χ1n) is 5.34. The van der Waals surface area contributed by atoms with Gasteiger partial charge in [-0.15, -0.1) is 0 Å². The third-order valence-electron chi connectivity index (χ3n) is 3.18. The molecule has 0 heterocycles. The first-order chi connectivity index (χ1) is 6.11. The Balaban J connectivity index is 2.41. The van der Waals surface area contributed by atoms with Crippen LogP contribution in [0.3, 0.4) is 0 Å². The fraction of sp³-hybridized carbons (Fsp3) is 0.909. The average molecular weight is 184 g/mol. The molecule has 0 aliphatic heterocycles. The van der Waals surface area contributed by atoms with E-state index in [0.29, 0.717) is 5.92 Å². The Hall–Kier alpha value is -0.530. The topological polar surface area (TPSA) is 37.3 Å². The molecule has 1 aliphatic carbocycles. The summed E-state index contributed by atoms with van der Waals surface area (Å²) in [6.45, 7) is 4.02. The van der Waals surface area contributed by atoms with Crippen LogP contribution in [-0.2, 0) is 4.79 Å². The second-order valence-electron chi connectivity index (χ2n) is 4.57. The van der Waals surface area contributed by atoms with Crippen molar-refractivity contribution in [3.8, 4) is 0 Å². The molecule has 1 N–H and O–H groups in total. The molecule has 0 amide bonds. The molecule has 1 aliphatic rings. The summed E-state index contributed by atoms with van der Waals surface area (Å²) in [6, 6.07) is 0. The molecule has 0 aromatic heterocycles. The smallest absolute Gasteiger partial charge is 0.306 e. The van der Waals surface area contributed by atoms with Gasteiger partial charge in [0, 0.05) is 0 Å². The van der Waals surface area contributed by atoms with Gasteiger partial charge in [0.05, 0.1) is 5.92 Å². The Morgan fingerprint density at radius 1 is 1.38 bits per heavy atom. The zero-order valence-corrected chi connectivity index (χ0v) is 8.62. The average Bonchev–Trinajstić information content (AvgIpc) is 2.50. The Morgan fingerprint density at radius 2 is 1.92 bits per heavy atom. The number of rotatable bonds is 4. The highest BCUT2D eigenvalue weighted by Gasteiger charge is 2.26. The summed E-state index contributed by atoms with van der Waals surface area (Å²) in [5.74, 6) is 0.228. The lowest BCUT2D eigenvalue weighted by molar-refractivity contribution is -0.144. The van der Waals surface area contributed by atoms with Crippen molar-refractivity contribution in [3.63, 3.8) is 0 Å². The summed E-state index contributed by atoms with van der Waals surface area (Å²) < 4.78 is 0. The van der Waals surface area contributed by atoms with Crippen molar-refractivity contribution in [2.24, 2.45) is 17.8 Å². The van der Waals surface area contributed by atoms with Gasteiger partial charge in [0.2, 0.25) is 0 Å². The molecule has 1 unspecified atom stereocenters. The summed E-state index contributed by atoms with van der Waals surface area (Å²) >= 11 is 0. The molecule has 0 radical (unpaired) electrons. The summed E-state index contributed by atoms with van der Waals surface area (Å²) in [6.07, 6.45) is 5.99. The van der Waals surface area contributed by atoms with Gasteiger partial charge < -0.3 is 5.11 Å². The van der Waals surface area contributed by atoms with E-state index in [0.717, 1.165) is 6.42 Å². The van der Waals surface area contributed by atoms with Gasteiger partial charge >= 0.3 is 5.97 Å². The van der Waals surface area contributed by atoms with Gasteiger partial charge in [-0.05, 0) is 18.3 Å². The van der Waals surface area contributed by atoms with Crippen LogP contribution in [0.15, 0.2) is 0 Å². The predicted molar refractivity (Wildman–Crippen MR) is 52.5 cm³/mol. The molecular formula is C11H20O2. The van der Waals surface area contributed by atoms with E-state index in [9.17, 15) is 4.79 Å². The number of carboxylic acids is 1. The molecule has 1 rings (SSSR count). The molecule has 1 saturated carbocycles. The van der Waals surface area contributed by atoms with Crippen LogP contribution in [0, 0.1) is 17.8 Å². The monoisotopic (exact) mass is 184 g/mol. The maximum absolute atomic E-state index is 10.9.